The van der Waals surface area contributed by atoms with E-state index in [4.69, 9.17) is 29.0 Å². The number of hydrogen-bond acceptors (Lipinski definition) is 2. The van der Waals surface area contributed by atoms with Gasteiger partial charge in [-0.3, -0.25) is 11.3 Å². The van der Waals surface area contributed by atoms with Crippen molar-refractivity contribution in [1.29, 1.82) is 0 Å². The van der Waals surface area contributed by atoms with Crippen LogP contribution < -0.4 is 11.3 Å². The molecule has 0 fully saturated rings. The third-order valence-electron chi connectivity index (χ3n) is 2.90. The zero-order valence-electron chi connectivity index (χ0n) is 10.0. The summed E-state index contributed by atoms with van der Waals surface area (Å²) < 4.78 is 1.20. The van der Waals surface area contributed by atoms with Crippen LogP contribution in [0.3, 0.4) is 0 Å². The van der Waals surface area contributed by atoms with E-state index in [2.05, 4.69) is 52.3 Å². The maximum Gasteiger partial charge on any atom is 0.0595 e. The predicted molar refractivity (Wildman–Crippen MR) is 89.4 cm³/mol. The summed E-state index contributed by atoms with van der Waals surface area (Å²) in [4.78, 5) is 0. The molecule has 2 rings (SSSR count). The SMILES string of the molecule is NNC(Cc1ccc(Cl)c(Cl)c1)c1ccc(I)cc1. The summed E-state index contributed by atoms with van der Waals surface area (Å²) in [5.74, 6) is 5.65. The van der Waals surface area contributed by atoms with Gasteiger partial charge in [0.1, 0.15) is 0 Å². The van der Waals surface area contributed by atoms with Gasteiger partial charge in [-0.15, -0.1) is 0 Å². The van der Waals surface area contributed by atoms with Gasteiger partial charge in [0.05, 0.1) is 10.0 Å². The highest BCUT2D eigenvalue weighted by Crippen LogP contribution is 2.25. The molecule has 0 saturated carbocycles. The molecule has 1 atom stereocenters. The van der Waals surface area contributed by atoms with Crippen molar-refractivity contribution in [2.75, 3.05) is 0 Å². The van der Waals surface area contributed by atoms with Crippen LogP contribution in [0.5, 0.6) is 0 Å². The lowest BCUT2D eigenvalue weighted by Crippen LogP contribution is -2.29. The largest absolute Gasteiger partial charge is 0.271 e. The molecule has 1 unspecified atom stereocenters. The summed E-state index contributed by atoms with van der Waals surface area (Å²) in [6.07, 6.45) is 0.758. The maximum absolute atomic E-state index is 6.02. The average Bonchev–Trinajstić information content (AvgIpc) is 2.41. The van der Waals surface area contributed by atoms with Gasteiger partial charge in [-0.2, -0.15) is 0 Å². The van der Waals surface area contributed by atoms with Gasteiger partial charge in [-0.1, -0.05) is 41.4 Å². The Morgan fingerprint density at radius 1 is 1.05 bits per heavy atom. The lowest BCUT2D eigenvalue weighted by molar-refractivity contribution is 0.552. The maximum atomic E-state index is 6.02. The van der Waals surface area contributed by atoms with E-state index in [9.17, 15) is 0 Å². The van der Waals surface area contributed by atoms with Crippen LogP contribution in [0, 0.1) is 3.57 Å². The van der Waals surface area contributed by atoms with Crippen LogP contribution in [-0.4, -0.2) is 0 Å². The second kappa shape index (κ2) is 6.90. The van der Waals surface area contributed by atoms with Crippen molar-refractivity contribution in [2.45, 2.75) is 12.5 Å². The van der Waals surface area contributed by atoms with Crippen molar-refractivity contribution < 1.29 is 0 Å². The standard InChI is InChI=1S/C14H13Cl2IN2/c15-12-6-1-9(7-13(12)16)8-14(19-18)10-2-4-11(17)5-3-10/h1-7,14,19H,8,18H2. The van der Waals surface area contributed by atoms with E-state index < -0.39 is 0 Å². The Labute approximate surface area is 136 Å². The molecule has 0 amide bonds. The van der Waals surface area contributed by atoms with Gasteiger partial charge in [-0.25, -0.2) is 0 Å². The Morgan fingerprint density at radius 3 is 2.32 bits per heavy atom. The molecule has 100 valence electrons. The van der Waals surface area contributed by atoms with E-state index in [1.54, 1.807) is 6.07 Å². The summed E-state index contributed by atoms with van der Waals surface area (Å²) in [6, 6.07) is 14.0. The molecule has 2 nitrogen and oxygen atoms in total. The fraction of sp³-hybridized carbons (Fsp3) is 0.143. The van der Waals surface area contributed by atoms with E-state index >= 15 is 0 Å². The number of rotatable bonds is 4. The van der Waals surface area contributed by atoms with E-state index in [0.717, 1.165) is 17.5 Å². The number of nitrogens with two attached hydrogens (primary N) is 1. The minimum absolute atomic E-state index is 0.0502. The highest BCUT2D eigenvalue weighted by Gasteiger charge is 2.11. The first-order chi connectivity index (χ1) is 9.10. The molecule has 2 aromatic rings. The second-order valence-corrected chi connectivity index (χ2v) is 6.28. The van der Waals surface area contributed by atoms with Crippen molar-refractivity contribution in [2.24, 2.45) is 5.84 Å². The van der Waals surface area contributed by atoms with Crippen LogP contribution in [0.25, 0.3) is 0 Å². The minimum atomic E-state index is 0.0502. The first kappa shape index (κ1) is 15.1. The highest BCUT2D eigenvalue weighted by molar-refractivity contribution is 14.1. The van der Waals surface area contributed by atoms with Crippen LogP contribution in [0.4, 0.5) is 0 Å². The third-order valence-corrected chi connectivity index (χ3v) is 4.36. The number of halogens is 3. The normalized spacial score (nSPS) is 12.4. The van der Waals surface area contributed by atoms with Crippen LogP contribution in [0.2, 0.25) is 10.0 Å². The summed E-state index contributed by atoms with van der Waals surface area (Å²) in [5, 5.41) is 1.13. The number of hydrogen-bond donors (Lipinski definition) is 2. The Kier molecular flexibility index (Phi) is 5.47. The molecule has 0 spiro atoms. The molecule has 5 heteroatoms. The minimum Gasteiger partial charge on any atom is -0.271 e. The van der Waals surface area contributed by atoms with Crippen molar-refractivity contribution in [3.05, 3.63) is 67.2 Å². The van der Waals surface area contributed by atoms with Gasteiger partial charge in [0.15, 0.2) is 0 Å². The molecule has 0 radical (unpaired) electrons. The zero-order chi connectivity index (χ0) is 13.8. The fourth-order valence-electron chi connectivity index (χ4n) is 1.87. The van der Waals surface area contributed by atoms with Gasteiger partial charge < -0.3 is 0 Å². The Balaban J connectivity index is 2.18. The van der Waals surface area contributed by atoms with Gasteiger partial charge in [0, 0.05) is 9.61 Å². The summed E-state index contributed by atoms with van der Waals surface area (Å²) >= 11 is 14.2. The molecular formula is C14H13Cl2IN2. The summed E-state index contributed by atoms with van der Waals surface area (Å²) in [7, 11) is 0. The first-order valence-corrected chi connectivity index (χ1v) is 7.59. The number of nitrogens with one attached hydrogen (secondary N) is 1. The smallest absolute Gasteiger partial charge is 0.0595 e. The average molecular weight is 407 g/mol. The Hall–Kier alpha value is -0.330. The quantitative estimate of drug-likeness (QED) is 0.450. The van der Waals surface area contributed by atoms with Gasteiger partial charge in [0.25, 0.3) is 0 Å². The van der Waals surface area contributed by atoms with E-state index in [-0.39, 0.29) is 6.04 Å². The fourth-order valence-corrected chi connectivity index (χ4v) is 2.55. The monoisotopic (exact) mass is 406 g/mol. The Morgan fingerprint density at radius 2 is 1.74 bits per heavy atom. The highest BCUT2D eigenvalue weighted by atomic mass is 127. The summed E-state index contributed by atoms with van der Waals surface area (Å²) in [5.41, 5.74) is 5.08. The zero-order valence-corrected chi connectivity index (χ0v) is 13.7. The molecule has 0 aliphatic heterocycles. The van der Waals surface area contributed by atoms with E-state index in [0.29, 0.717) is 10.0 Å². The molecule has 0 saturated heterocycles. The molecule has 2 aromatic carbocycles. The van der Waals surface area contributed by atoms with E-state index in [1.165, 1.54) is 3.57 Å². The lowest BCUT2D eigenvalue weighted by Gasteiger charge is -2.17. The van der Waals surface area contributed by atoms with Gasteiger partial charge in [0.2, 0.25) is 0 Å². The second-order valence-electron chi connectivity index (χ2n) is 4.22. The molecule has 0 aromatic heterocycles. The molecule has 0 aliphatic rings. The van der Waals surface area contributed by atoms with Gasteiger partial charge in [-0.05, 0) is 64.4 Å². The Bertz CT molecular complexity index is 558. The topological polar surface area (TPSA) is 38.0 Å². The number of hydrazine groups is 1. The first-order valence-electron chi connectivity index (χ1n) is 5.75. The van der Waals surface area contributed by atoms with Crippen LogP contribution in [0.1, 0.15) is 17.2 Å². The van der Waals surface area contributed by atoms with Crippen molar-refractivity contribution in [3.8, 4) is 0 Å². The van der Waals surface area contributed by atoms with Crippen LogP contribution in [0.15, 0.2) is 42.5 Å². The lowest BCUT2D eigenvalue weighted by atomic mass is 9.99. The third kappa shape index (κ3) is 4.07. The summed E-state index contributed by atoms with van der Waals surface area (Å²) in [6.45, 7) is 0. The predicted octanol–water partition coefficient (Wildman–Crippen LogP) is 4.35. The molecule has 0 aliphatic carbocycles. The van der Waals surface area contributed by atoms with Crippen molar-refractivity contribution in [3.63, 3.8) is 0 Å². The van der Waals surface area contributed by atoms with Gasteiger partial charge >= 0.3 is 0 Å². The van der Waals surface area contributed by atoms with Crippen molar-refractivity contribution >= 4 is 45.8 Å². The molecule has 0 heterocycles. The van der Waals surface area contributed by atoms with Crippen LogP contribution >= 0.6 is 45.8 Å². The van der Waals surface area contributed by atoms with Crippen LogP contribution in [-0.2, 0) is 6.42 Å². The van der Waals surface area contributed by atoms with E-state index in [1.807, 2.05) is 12.1 Å². The molecule has 19 heavy (non-hydrogen) atoms. The number of benzene rings is 2. The molecule has 0 bridgehead atoms. The molecular weight excluding hydrogens is 394 g/mol. The van der Waals surface area contributed by atoms with Crippen molar-refractivity contribution in [1.82, 2.24) is 5.43 Å². The molecule has 3 N–H and O–H groups in total.